The predicted molar refractivity (Wildman–Crippen MR) is 174 cm³/mol. The van der Waals surface area contributed by atoms with Crippen molar-refractivity contribution in [3.8, 4) is 17.6 Å². The van der Waals surface area contributed by atoms with Crippen LogP contribution in [0.2, 0.25) is 5.02 Å². The van der Waals surface area contributed by atoms with E-state index in [9.17, 15) is 19.6 Å². The van der Waals surface area contributed by atoms with Crippen LogP contribution in [0.3, 0.4) is 0 Å². The Morgan fingerprint density at radius 2 is 1.98 bits per heavy atom. The number of fused-ring (bicyclic) bond motifs is 1. The molecule has 1 saturated carbocycles. The van der Waals surface area contributed by atoms with Crippen molar-refractivity contribution in [3.05, 3.63) is 94.5 Å². The maximum atomic E-state index is 14.1. The number of nitriles is 1. The summed E-state index contributed by atoms with van der Waals surface area (Å²) in [5, 5.41) is 19.0. The molecular weight excluding hydrogens is 607 g/mol. The van der Waals surface area contributed by atoms with Crippen molar-refractivity contribution in [2.24, 2.45) is 5.41 Å². The smallest absolute Gasteiger partial charge is 0.328 e. The van der Waals surface area contributed by atoms with Crippen molar-refractivity contribution in [1.29, 1.82) is 5.26 Å². The van der Waals surface area contributed by atoms with Gasteiger partial charge in [0, 0.05) is 42.6 Å². The second-order valence-electron chi connectivity index (χ2n) is 12.4. The van der Waals surface area contributed by atoms with E-state index in [1.54, 1.807) is 13.0 Å². The molecule has 0 amide bonds. The Morgan fingerprint density at radius 1 is 1.17 bits per heavy atom. The number of hydrogen-bond donors (Lipinski definition) is 1. The van der Waals surface area contributed by atoms with Crippen molar-refractivity contribution in [2.45, 2.75) is 64.8 Å². The molecule has 238 valence electrons. The van der Waals surface area contributed by atoms with Gasteiger partial charge in [-0.25, -0.2) is 14.2 Å². The summed E-state index contributed by atoms with van der Waals surface area (Å²) in [6, 6.07) is 20.3. The number of piperidine rings is 1. The van der Waals surface area contributed by atoms with Gasteiger partial charge in [0.1, 0.15) is 24.3 Å². The van der Waals surface area contributed by atoms with Gasteiger partial charge in [0.25, 0.3) is 0 Å². The number of ether oxygens (including phenoxy) is 2. The van der Waals surface area contributed by atoms with E-state index >= 15 is 0 Å². The average Bonchev–Trinajstić information content (AvgIpc) is 3.71. The first-order valence-electron chi connectivity index (χ1n) is 15.5. The molecule has 3 aromatic carbocycles. The number of aliphatic carboxylic acids is 1. The molecule has 6 rings (SSSR count). The highest BCUT2D eigenvalue weighted by molar-refractivity contribution is 6.30. The first kappa shape index (κ1) is 31.6. The van der Waals surface area contributed by atoms with Gasteiger partial charge in [0.15, 0.2) is 11.6 Å². The molecule has 2 aliphatic rings. The van der Waals surface area contributed by atoms with Crippen LogP contribution in [0, 0.1) is 22.6 Å². The summed E-state index contributed by atoms with van der Waals surface area (Å²) in [6.07, 6.45) is 5.56. The fraction of sp³-hybridized carbons (Fsp3) is 0.361. The predicted octanol–water partition coefficient (Wildman–Crippen LogP) is 7.63. The lowest BCUT2D eigenvalue weighted by Gasteiger charge is -2.32. The zero-order chi connectivity index (χ0) is 32.3. The third-order valence-electron chi connectivity index (χ3n) is 8.92. The van der Waals surface area contributed by atoms with Crippen molar-refractivity contribution >= 4 is 34.2 Å². The van der Waals surface area contributed by atoms with Gasteiger partial charge in [-0.15, -0.1) is 0 Å². The van der Waals surface area contributed by atoms with Crippen LogP contribution in [-0.4, -0.2) is 44.7 Å². The molecule has 1 N–H and O–H groups in total. The topological polar surface area (TPSA) is 101 Å². The van der Waals surface area contributed by atoms with Crippen LogP contribution < -0.4 is 9.47 Å². The van der Waals surface area contributed by atoms with Crippen LogP contribution in [0.4, 0.5) is 4.39 Å². The summed E-state index contributed by atoms with van der Waals surface area (Å²) in [4.78, 5) is 18.7. The van der Waals surface area contributed by atoms with Gasteiger partial charge in [-0.2, -0.15) is 5.26 Å². The number of rotatable bonds is 12. The Balaban J connectivity index is 1.11. The number of imidazole rings is 1. The Kier molecular flexibility index (Phi) is 9.29. The van der Waals surface area contributed by atoms with Crippen LogP contribution in [0.25, 0.3) is 16.6 Å². The molecule has 0 atom stereocenters. The van der Waals surface area contributed by atoms with Crippen LogP contribution in [0.1, 0.15) is 56.0 Å². The van der Waals surface area contributed by atoms with Gasteiger partial charge in [0.05, 0.1) is 23.6 Å². The van der Waals surface area contributed by atoms with Crippen molar-refractivity contribution < 1.29 is 23.8 Å². The van der Waals surface area contributed by atoms with E-state index in [0.29, 0.717) is 23.6 Å². The molecule has 2 heterocycles. The van der Waals surface area contributed by atoms with Gasteiger partial charge in [0.2, 0.25) is 0 Å². The molecule has 4 aromatic rings. The highest BCUT2D eigenvalue weighted by Gasteiger charge is 2.43. The Bertz CT molecular complexity index is 1820. The third kappa shape index (κ3) is 7.52. The summed E-state index contributed by atoms with van der Waals surface area (Å²) in [5.74, 6) is 0.398. The van der Waals surface area contributed by atoms with Gasteiger partial charge in [-0.1, -0.05) is 29.8 Å². The molecule has 1 aromatic heterocycles. The highest BCUT2D eigenvalue weighted by Crippen LogP contribution is 2.50. The Morgan fingerprint density at radius 3 is 2.70 bits per heavy atom. The molecule has 46 heavy (non-hydrogen) atoms. The molecule has 0 radical (unpaired) electrons. The van der Waals surface area contributed by atoms with Crippen molar-refractivity contribution in [3.63, 3.8) is 0 Å². The molecular formula is C36H36ClFN4O4. The van der Waals surface area contributed by atoms with E-state index in [4.69, 9.17) is 26.1 Å². The fourth-order valence-corrected chi connectivity index (χ4v) is 6.25. The maximum Gasteiger partial charge on any atom is 0.328 e. The van der Waals surface area contributed by atoms with Crippen LogP contribution in [0.15, 0.2) is 66.7 Å². The minimum atomic E-state index is -0.974. The summed E-state index contributed by atoms with van der Waals surface area (Å²) >= 11 is 5.84. The molecule has 8 nitrogen and oxygen atoms in total. The summed E-state index contributed by atoms with van der Waals surface area (Å²) in [6.45, 7) is 5.11. The Labute approximate surface area is 272 Å². The number of allylic oxidation sites excluding steroid dienone is 1. The highest BCUT2D eigenvalue weighted by atomic mass is 35.5. The van der Waals surface area contributed by atoms with E-state index in [2.05, 4.69) is 15.5 Å². The molecule has 1 saturated heterocycles. The SMILES string of the molecule is C/C(=C\C(=O)O)c1ccc2nc(CN3CCC(Oc4cccc(COc5ccc(Cl)cc5F)c4)CC3)n(CC3(CC#N)CC3)c2c1. The normalized spacial score (nSPS) is 16.7. The van der Waals surface area contributed by atoms with Gasteiger partial charge < -0.3 is 19.1 Å². The summed E-state index contributed by atoms with van der Waals surface area (Å²) < 4.78 is 28.4. The van der Waals surface area contributed by atoms with Crippen molar-refractivity contribution in [2.75, 3.05) is 13.1 Å². The number of carboxylic acids is 1. The molecule has 0 spiro atoms. The average molecular weight is 643 g/mol. The molecule has 2 fully saturated rings. The minimum Gasteiger partial charge on any atom is -0.490 e. The van der Waals surface area contributed by atoms with E-state index in [1.807, 2.05) is 42.5 Å². The van der Waals surface area contributed by atoms with Crippen LogP contribution >= 0.6 is 11.6 Å². The van der Waals surface area contributed by atoms with Gasteiger partial charge in [-0.3, -0.25) is 4.90 Å². The second-order valence-corrected chi connectivity index (χ2v) is 12.9. The quantitative estimate of drug-likeness (QED) is 0.159. The number of nitrogens with zero attached hydrogens (tertiary/aromatic N) is 4. The molecule has 0 bridgehead atoms. The standard InChI is InChI=1S/C36H36ClFN4O4/c1-24(17-35(43)44)26-5-7-31-32(19-26)42(23-36(11-12-36)13-14-39)34(40-31)21-41-15-9-28(10-16-41)46-29-4-2-3-25(18-29)22-45-33-8-6-27(37)20-30(33)38/h2-8,17-20,28H,9-13,15-16,21-23H2,1H3,(H,43,44)/b24-17+. The largest absolute Gasteiger partial charge is 0.490 e. The lowest BCUT2D eigenvalue weighted by atomic mass is 10.0. The van der Waals surface area contributed by atoms with E-state index < -0.39 is 11.8 Å². The first-order valence-corrected chi connectivity index (χ1v) is 15.9. The Hall–Kier alpha value is -4.39. The lowest BCUT2D eigenvalue weighted by molar-refractivity contribution is -0.131. The van der Waals surface area contributed by atoms with Crippen LogP contribution in [0.5, 0.6) is 11.5 Å². The number of likely N-dealkylation sites (tertiary alicyclic amines) is 1. The number of carbonyl (C=O) groups is 1. The summed E-state index contributed by atoms with van der Waals surface area (Å²) in [5.41, 5.74) is 4.22. The number of aromatic nitrogens is 2. The van der Waals surface area contributed by atoms with Crippen LogP contribution in [-0.2, 0) is 24.5 Å². The zero-order valence-electron chi connectivity index (χ0n) is 25.7. The van der Waals surface area contributed by atoms with Crippen molar-refractivity contribution in [1.82, 2.24) is 14.5 Å². The minimum absolute atomic E-state index is 0.0253. The van der Waals surface area contributed by atoms with E-state index in [1.165, 1.54) is 18.2 Å². The molecule has 10 heteroatoms. The number of carboxylic acid groups (broad SMARTS) is 1. The maximum absolute atomic E-state index is 14.1. The monoisotopic (exact) mass is 642 g/mol. The zero-order valence-corrected chi connectivity index (χ0v) is 26.5. The second kappa shape index (κ2) is 13.5. The third-order valence-corrected chi connectivity index (χ3v) is 9.15. The van der Waals surface area contributed by atoms with Gasteiger partial charge in [-0.05, 0) is 91.8 Å². The first-order chi connectivity index (χ1) is 22.2. The lowest BCUT2D eigenvalue weighted by Crippen LogP contribution is -2.38. The number of halogens is 2. The van der Waals surface area contributed by atoms with E-state index in [-0.39, 0.29) is 23.9 Å². The summed E-state index contributed by atoms with van der Waals surface area (Å²) in [7, 11) is 0. The fourth-order valence-electron chi connectivity index (χ4n) is 6.09. The molecule has 1 aliphatic heterocycles. The number of benzene rings is 3. The molecule has 1 aliphatic carbocycles. The van der Waals surface area contributed by atoms with E-state index in [0.717, 1.165) is 79.1 Å². The molecule has 0 unspecified atom stereocenters. The van der Waals surface area contributed by atoms with Gasteiger partial charge >= 0.3 is 5.97 Å². The number of hydrogen-bond acceptors (Lipinski definition) is 6.